The van der Waals surface area contributed by atoms with Gasteiger partial charge in [-0.2, -0.15) is 4.80 Å². The molecular weight excluding hydrogens is 362 g/mol. The van der Waals surface area contributed by atoms with Crippen molar-refractivity contribution in [3.63, 3.8) is 0 Å². The largest absolute Gasteiger partial charge is 0.465 e. The number of aromatic nitrogens is 5. The highest BCUT2D eigenvalue weighted by Gasteiger charge is 2.10. The Morgan fingerprint density at radius 1 is 1.07 bits per heavy atom. The highest BCUT2D eigenvalue weighted by molar-refractivity contribution is 7.13. The zero-order valence-electron chi connectivity index (χ0n) is 14.4. The van der Waals surface area contributed by atoms with Gasteiger partial charge in [0.15, 0.2) is 0 Å². The lowest BCUT2D eigenvalue weighted by Gasteiger charge is -2.00. The van der Waals surface area contributed by atoms with E-state index in [1.54, 1.807) is 12.1 Å². The third kappa shape index (κ3) is 3.75. The molecule has 2 aromatic carbocycles. The fraction of sp³-hybridized carbons (Fsp3) is 0.105. The summed E-state index contributed by atoms with van der Waals surface area (Å²) in [6, 6.07) is 16.9. The predicted molar refractivity (Wildman–Crippen MR) is 101 cm³/mol. The van der Waals surface area contributed by atoms with E-state index in [4.69, 9.17) is 4.74 Å². The summed E-state index contributed by atoms with van der Waals surface area (Å²) in [5.41, 5.74) is 3.23. The number of carbonyl (C=O) groups excluding carboxylic acids is 1. The second kappa shape index (κ2) is 7.46. The summed E-state index contributed by atoms with van der Waals surface area (Å²) in [4.78, 5) is 17.7. The number of hydrogen-bond acceptors (Lipinski definition) is 7. The minimum Gasteiger partial charge on any atom is -0.465 e. The number of carbonyl (C=O) groups is 1. The number of tetrazole rings is 1. The van der Waals surface area contributed by atoms with Crippen molar-refractivity contribution >= 4 is 17.3 Å². The van der Waals surface area contributed by atoms with Gasteiger partial charge in [0, 0.05) is 16.5 Å². The highest BCUT2D eigenvalue weighted by Crippen LogP contribution is 2.24. The third-order valence-corrected chi connectivity index (χ3v) is 4.83. The molecule has 7 nitrogen and oxygen atoms in total. The van der Waals surface area contributed by atoms with Gasteiger partial charge in [0.05, 0.1) is 18.4 Å². The molecule has 0 amide bonds. The van der Waals surface area contributed by atoms with E-state index < -0.39 is 0 Å². The average molecular weight is 377 g/mol. The number of hydrogen-bond donors (Lipinski definition) is 0. The van der Waals surface area contributed by atoms with Crippen molar-refractivity contribution in [2.24, 2.45) is 0 Å². The van der Waals surface area contributed by atoms with E-state index in [2.05, 4.69) is 20.4 Å². The smallest absolute Gasteiger partial charge is 0.337 e. The Labute approximate surface area is 159 Å². The Balaban J connectivity index is 1.49. The predicted octanol–water partition coefficient (Wildman–Crippen LogP) is 3.30. The Morgan fingerprint density at radius 2 is 1.85 bits per heavy atom. The number of methoxy groups -OCH3 is 1. The Morgan fingerprint density at radius 3 is 2.59 bits per heavy atom. The molecule has 0 aliphatic carbocycles. The van der Waals surface area contributed by atoms with E-state index in [9.17, 15) is 4.79 Å². The zero-order chi connectivity index (χ0) is 18.6. The molecular formula is C19H15N5O2S. The van der Waals surface area contributed by atoms with Crippen LogP contribution in [0.1, 0.15) is 16.1 Å². The molecule has 0 N–H and O–H groups in total. The highest BCUT2D eigenvalue weighted by atomic mass is 32.1. The topological polar surface area (TPSA) is 82.8 Å². The maximum Gasteiger partial charge on any atom is 0.337 e. The molecule has 4 rings (SSSR count). The van der Waals surface area contributed by atoms with E-state index in [-0.39, 0.29) is 5.97 Å². The standard InChI is InChI=1S/C19H15N5O2S/c1-26-19(25)15-9-7-14(8-10-15)18-20-16(12-27-18)11-24-22-17(21-23-24)13-5-3-2-4-6-13/h2-10,12H,11H2,1H3. The lowest BCUT2D eigenvalue weighted by molar-refractivity contribution is 0.0601. The first-order valence-electron chi connectivity index (χ1n) is 8.19. The van der Waals surface area contributed by atoms with E-state index in [0.29, 0.717) is 17.9 Å². The van der Waals surface area contributed by atoms with Gasteiger partial charge in [-0.05, 0) is 17.3 Å². The monoisotopic (exact) mass is 377 g/mol. The average Bonchev–Trinajstić information content (AvgIpc) is 3.38. The molecule has 0 bridgehead atoms. The van der Waals surface area contributed by atoms with Crippen molar-refractivity contribution in [3.05, 3.63) is 71.2 Å². The summed E-state index contributed by atoms with van der Waals surface area (Å²) in [7, 11) is 1.37. The first kappa shape index (κ1) is 17.0. The van der Waals surface area contributed by atoms with Gasteiger partial charge in [-0.1, -0.05) is 42.5 Å². The lowest BCUT2D eigenvalue weighted by Crippen LogP contribution is -2.04. The molecule has 0 aliphatic rings. The van der Waals surface area contributed by atoms with Crippen LogP contribution in [0.3, 0.4) is 0 Å². The molecule has 8 heteroatoms. The molecule has 4 aromatic rings. The molecule has 2 aromatic heterocycles. The van der Waals surface area contributed by atoms with Crippen LogP contribution in [0.4, 0.5) is 0 Å². The van der Waals surface area contributed by atoms with Gasteiger partial charge in [0.1, 0.15) is 11.6 Å². The van der Waals surface area contributed by atoms with Crippen LogP contribution in [0.2, 0.25) is 0 Å². The Kier molecular flexibility index (Phi) is 4.71. The first-order valence-corrected chi connectivity index (χ1v) is 9.07. The van der Waals surface area contributed by atoms with Gasteiger partial charge < -0.3 is 4.74 Å². The molecule has 0 saturated heterocycles. The summed E-state index contributed by atoms with van der Waals surface area (Å²) in [6.07, 6.45) is 0. The van der Waals surface area contributed by atoms with Crippen molar-refractivity contribution < 1.29 is 9.53 Å². The number of esters is 1. The first-order chi connectivity index (χ1) is 13.2. The Bertz CT molecular complexity index is 1060. The lowest BCUT2D eigenvalue weighted by atomic mass is 10.1. The molecule has 0 atom stereocenters. The molecule has 0 spiro atoms. The molecule has 134 valence electrons. The number of thiazole rings is 1. The van der Waals surface area contributed by atoms with Crippen LogP contribution >= 0.6 is 11.3 Å². The normalized spacial score (nSPS) is 10.7. The minimum absolute atomic E-state index is 0.354. The van der Waals surface area contributed by atoms with Crippen LogP contribution in [-0.4, -0.2) is 38.3 Å². The zero-order valence-corrected chi connectivity index (χ0v) is 15.3. The van der Waals surface area contributed by atoms with Crippen molar-refractivity contribution in [1.29, 1.82) is 0 Å². The van der Waals surface area contributed by atoms with Gasteiger partial charge in [-0.25, -0.2) is 9.78 Å². The van der Waals surface area contributed by atoms with Crippen molar-refractivity contribution in [3.8, 4) is 22.0 Å². The fourth-order valence-electron chi connectivity index (χ4n) is 2.54. The number of benzene rings is 2. The van der Waals surface area contributed by atoms with Gasteiger partial charge in [0.2, 0.25) is 5.82 Å². The molecule has 0 unspecified atom stereocenters. The van der Waals surface area contributed by atoms with Gasteiger partial charge in [-0.15, -0.1) is 21.5 Å². The van der Waals surface area contributed by atoms with Crippen LogP contribution in [0.5, 0.6) is 0 Å². The molecule has 0 saturated carbocycles. The molecule has 27 heavy (non-hydrogen) atoms. The van der Waals surface area contributed by atoms with Crippen LogP contribution in [0.25, 0.3) is 22.0 Å². The minimum atomic E-state index is -0.354. The quantitative estimate of drug-likeness (QED) is 0.496. The summed E-state index contributed by atoms with van der Waals surface area (Å²) in [5.74, 6) is 0.234. The number of rotatable bonds is 5. The van der Waals surface area contributed by atoms with Crippen molar-refractivity contribution in [2.45, 2.75) is 6.54 Å². The number of ether oxygens (including phenoxy) is 1. The van der Waals surface area contributed by atoms with E-state index >= 15 is 0 Å². The summed E-state index contributed by atoms with van der Waals surface area (Å²) in [5, 5.41) is 15.4. The second-order valence-corrected chi connectivity index (χ2v) is 6.58. The third-order valence-electron chi connectivity index (χ3n) is 3.89. The van der Waals surface area contributed by atoms with E-state index in [1.807, 2.05) is 47.8 Å². The number of nitrogens with zero attached hydrogens (tertiary/aromatic N) is 5. The van der Waals surface area contributed by atoms with Crippen LogP contribution in [0.15, 0.2) is 60.0 Å². The maximum atomic E-state index is 11.5. The summed E-state index contributed by atoms with van der Waals surface area (Å²) < 4.78 is 4.71. The molecule has 2 heterocycles. The van der Waals surface area contributed by atoms with Crippen molar-refractivity contribution in [2.75, 3.05) is 7.11 Å². The van der Waals surface area contributed by atoms with Gasteiger partial charge in [0.25, 0.3) is 0 Å². The maximum absolute atomic E-state index is 11.5. The van der Waals surface area contributed by atoms with Crippen LogP contribution < -0.4 is 0 Å². The van der Waals surface area contributed by atoms with Gasteiger partial charge in [-0.3, -0.25) is 0 Å². The Hall–Kier alpha value is -3.39. The fourth-order valence-corrected chi connectivity index (χ4v) is 3.35. The molecule has 0 fully saturated rings. The van der Waals surface area contributed by atoms with E-state index in [0.717, 1.165) is 21.8 Å². The summed E-state index contributed by atoms with van der Waals surface area (Å²) >= 11 is 1.53. The van der Waals surface area contributed by atoms with E-state index in [1.165, 1.54) is 23.2 Å². The summed E-state index contributed by atoms with van der Waals surface area (Å²) in [6.45, 7) is 0.441. The molecule has 0 aliphatic heterocycles. The second-order valence-electron chi connectivity index (χ2n) is 5.72. The van der Waals surface area contributed by atoms with Crippen molar-refractivity contribution in [1.82, 2.24) is 25.2 Å². The molecule has 0 radical (unpaired) electrons. The van der Waals surface area contributed by atoms with Crippen LogP contribution in [-0.2, 0) is 11.3 Å². The van der Waals surface area contributed by atoms with Crippen LogP contribution in [0, 0.1) is 0 Å². The SMILES string of the molecule is COC(=O)c1ccc(-c2nc(Cn3nnc(-c4ccccc4)n3)cs2)cc1. The van der Waals surface area contributed by atoms with Gasteiger partial charge >= 0.3 is 5.97 Å².